The Balaban J connectivity index is 1.20. The van der Waals surface area contributed by atoms with E-state index < -0.39 is 11.6 Å². The molecular weight excluding hydrogens is 606 g/mol. The van der Waals surface area contributed by atoms with Crippen molar-refractivity contribution in [3.63, 3.8) is 0 Å². The Bertz CT molecular complexity index is 1740. The van der Waals surface area contributed by atoms with Gasteiger partial charge >= 0.3 is 0 Å². The fraction of sp³-hybridized carbons (Fsp3) is 0.382. The molecule has 1 fully saturated rings. The molecule has 0 unspecified atom stereocenters. The Morgan fingerprint density at radius 2 is 1.81 bits per heavy atom. The van der Waals surface area contributed by atoms with E-state index in [1.165, 1.54) is 25.4 Å². The molecule has 2 aromatic carbocycles. The number of benzene rings is 2. The topological polar surface area (TPSA) is 146 Å². The first kappa shape index (κ1) is 33.3. The van der Waals surface area contributed by atoms with Crippen LogP contribution in [0.25, 0.3) is 16.9 Å². The Kier molecular flexibility index (Phi) is 11.0. The van der Waals surface area contributed by atoms with Crippen LogP contribution in [0.2, 0.25) is 0 Å². The number of fused-ring (bicyclic) bond motifs is 1. The van der Waals surface area contributed by atoms with Gasteiger partial charge in [0.25, 0.3) is 5.91 Å². The summed E-state index contributed by atoms with van der Waals surface area (Å²) in [7, 11) is 1.28. The minimum Gasteiger partial charge on any atom is -0.494 e. The normalized spacial score (nSPS) is 16.0. The molecule has 248 valence electrons. The second-order valence-corrected chi connectivity index (χ2v) is 11.6. The first-order valence-corrected chi connectivity index (χ1v) is 15.9. The highest BCUT2D eigenvalue weighted by Gasteiger charge is 2.25. The number of nitrogens with one attached hydrogen (secondary N) is 5. The number of anilines is 2. The van der Waals surface area contributed by atoms with Crippen LogP contribution in [0.15, 0.2) is 48.9 Å². The average molecular weight is 647 g/mol. The molecule has 2 amide bonds. The number of unbranched alkanes of at least 4 members (excludes halogenated alkanes) is 1. The van der Waals surface area contributed by atoms with Crippen LogP contribution < -0.4 is 26.0 Å². The Morgan fingerprint density at radius 1 is 1.04 bits per heavy atom. The number of ether oxygens (including phenoxy) is 1. The van der Waals surface area contributed by atoms with E-state index in [0.29, 0.717) is 47.8 Å². The van der Waals surface area contributed by atoms with Gasteiger partial charge in [0.1, 0.15) is 0 Å². The molecule has 0 spiro atoms. The fourth-order valence-corrected chi connectivity index (χ4v) is 5.95. The second-order valence-electron chi connectivity index (χ2n) is 11.6. The summed E-state index contributed by atoms with van der Waals surface area (Å²) in [6.45, 7) is 2.68. The van der Waals surface area contributed by atoms with Crippen molar-refractivity contribution in [3.8, 4) is 17.0 Å². The van der Waals surface area contributed by atoms with Crippen molar-refractivity contribution in [2.75, 3.05) is 19.0 Å². The van der Waals surface area contributed by atoms with E-state index in [1.807, 2.05) is 13.0 Å². The van der Waals surface area contributed by atoms with E-state index in [-0.39, 0.29) is 35.2 Å². The van der Waals surface area contributed by atoms with Crippen molar-refractivity contribution < 1.29 is 23.1 Å². The molecule has 47 heavy (non-hydrogen) atoms. The molecule has 5 N–H and O–H groups in total. The number of rotatable bonds is 14. The van der Waals surface area contributed by atoms with Crippen LogP contribution >= 0.6 is 0 Å². The van der Waals surface area contributed by atoms with Gasteiger partial charge in [0.15, 0.2) is 23.0 Å². The minimum absolute atomic E-state index is 0.0332. The van der Waals surface area contributed by atoms with Crippen LogP contribution in [-0.4, -0.2) is 58.3 Å². The first-order chi connectivity index (χ1) is 22.8. The summed E-state index contributed by atoms with van der Waals surface area (Å²) in [5.74, 6) is -1.96. The average Bonchev–Trinajstić information content (AvgIpc) is 3.51. The van der Waals surface area contributed by atoms with Crippen LogP contribution in [0, 0.1) is 17.0 Å². The number of aryl methyl sites for hydroxylation is 1. The molecular formula is C34H40F2N8O3. The lowest BCUT2D eigenvalue weighted by Crippen LogP contribution is -2.44. The van der Waals surface area contributed by atoms with E-state index in [2.05, 4.69) is 31.2 Å². The van der Waals surface area contributed by atoms with Gasteiger partial charge in [-0.15, -0.1) is 0 Å². The zero-order chi connectivity index (χ0) is 33.3. The number of carbonyl (C=O) groups is 2. The molecule has 0 bridgehead atoms. The lowest BCUT2D eigenvalue weighted by atomic mass is 9.90. The zero-order valence-corrected chi connectivity index (χ0v) is 26.5. The Morgan fingerprint density at radius 3 is 2.53 bits per heavy atom. The summed E-state index contributed by atoms with van der Waals surface area (Å²) in [5.41, 5.74) is 2.96. The van der Waals surface area contributed by atoms with Gasteiger partial charge in [-0.3, -0.25) is 19.4 Å². The standard InChI is InChI=1S/C34H40F2N8O3/c1-3-21-18-24(42-32-33-40-19-27(44(33)17-16-39-32)26-13-14-28(47-2)31(36)30(26)35)11-12-25(21)34(46)43-23-9-7-22(8-10-23)41-29(45)6-4-5-15-38-20-37/h11-14,16-20,22-23H,3-10,15H2,1-2H3,(H2,37,38)(H,39,42)(H,41,45)(H,43,46)/t22-,23+. The van der Waals surface area contributed by atoms with Crippen LogP contribution in [0.5, 0.6) is 5.75 Å². The zero-order valence-electron chi connectivity index (χ0n) is 26.5. The maximum Gasteiger partial charge on any atom is 0.251 e. The molecule has 11 nitrogen and oxygen atoms in total. The van der Waals surface area contributed by atoms with E-state index in [0.717, 1.165) is 50.4 Å². The minimum atomic E-state index is -1.07. The number of imidazole rings is 1. The molecule has 0 saturated heterocycles. The third-order valence-corrected chi connectivity index (χ3v) is 8.47. The maximum absolute atomic E-state index is 14.9. The van der Waals surface area contributed by atoms with Gasteiger partial charge in [-0.25, -0.2) is 14.4 Å². The van der Waals surface area contributed by atoms with Crippen molar-refractivity contribution in [2.24, 2.45) is 0 Å². The Hall–Kier alpha value is -5.07. The number of hydrogen-bond donors (Lipinski definition) is 5. The summed E-state index contributed by atoms with van der Waals surface area (Å²) < 4.78 is 35.8. The summed E-state index contributed by atoms with van der Waals surface area (Å²) >= 11 is 0. The van der Waals surface area contributed by atoms with Gasteiger partial charge in [0.2, 0.25) is 11.7 Å². The van der Waals surface area contributed by atoms with Crippen LogP contribution in [0.3, 0.4) is 0 Å². The van der Waals surface area contributed by atoms with E-state index in [9.17, 15) is 18.4 Å². The summed E-state index contributed by atoms with van der Waals surface area (Å²) in [6.07, 6.45) is 11.7. The highest BCUT2D eigenvalue weighted by molar-refractivity contribution is 5.96. The van der Waals surface area contributed by atoms with Crippen molar-refractivity contribution in [2.45, 2.75) is 70.4 Å². The molecule has 1 aliphatic carbocycles. The number of aromatic nitrogens is 3. The molecule has 0 aliphatic heterocycles. The number of carbonyl (C=O) groups excluding carboxylic acids is 2. The molecule has 2 heterocycles. The van der Waals surface area contributed by atoms with E-state index >= 15 is 0 Å². The van der Waals surface area contributed by atoms with Crippen LogP contribution in [0.4, 0.5) is 20.3 Å². The highest BCUT2D eigenvalue weighted by Crippen LogP contribution is 2.32. The molecule has 4 aromatic rings. The largest absolute Gasteiger partial charge is 0.494 e. The SMILES string of the molecule is CCc1cc(Nc2nccn3c(-c4ccc(OC)c(F)c4F)cnc23)ccc1C(=O)N[C@H]1CC[C@@H](NC(=O)CCCCNC=N)CC1. The van der Waals surface area contributed by atoms with Gasteiger partial charge in [0.05, 0.1) is 25.3 Å². The molecule has 1 saturated carbocycles. The third-order valence-electron chi connectivity index (χ3n) is 8.47. The van der Waals surface area contributed by atoms with Crippen molar-refractivity contribution in [1.82, 2.24) is 30.3 Å². The summed E-state index contributed by atoms with van der Waals surface area (Å²) in [4.78, 5) is 34.4. The molecule has 2 aromatic heterocycles. The van der Waals surface area contributed by atoms with Crippen molar-refractivity contribution in [1.29, 1.82) is 5.41 Å². The number of halogens is 2. The fourth-order valence-electron chi connectivity index (χ4n) is 5.95. The van der Waals surface area contributed by atoms with E-state index in [4.69, 9.17) is 10.1 Å². The number of hydrogen-bond acceptors (Lipinski definition) is 7. The Labute approximate surface area is 272 Å². The lowest BCUT2D eigenvalue weighted by molar-refractivity contribution is -0.122. The predicted octanol–water partition coefficient (Wildman–Crippen LogP) is 5.51. The summed E-state index contributed by atoms with van der Waals surface area (Å²) in [5, 5.41) is 19.3. The van der Waals surface area contributed by atoms with Gasteiger partial charge < -0.3 is 26.0 Å². The smallest absolute Gasteiger partial charge is 0.251 e. The molecule has 5 rings (SSSR count). The quantitative estimate of drug-likeness (QED) is 0.0690. The number of methoxy groups -OCH3 is 1. The van der Waals surface area contributed by atoms with Crippen molar-refractivity contribution >= 4 is 35.3 Å². The monoisotopic (exact) mass is 646 g/mol. The first-order valence-electron chi connectivity index (χ1n) is 15.9. The second kappa shape index (κ2) is 15.5. The molecule has 0 atom stereocenters. The van der Waals surface area contributed by atoms with Gasteiger partial charge in [-0.1, -0.05) is 6.92 Å². The third kappa shape index (κ3) is 7.84. The van der Waals surface area contributed by atoms with Gasteiger partial charge in [-0.05, 0) is 80.8 Å². The molecule has 1 aliphatic rings. The van der Waals surface area contributed by atoms with Gasteiger partial charge in [0, 0.05) is 54.3 Å². The number of amides is 2. The van der Waals surface area contributed by atoms with Crippen LogP contribution in [-0.2, 0) is 11.2 Å². The molecule has 13 heteroatoms. The van der Waals surface area contributed by atoms with Crippen molar-refractivity contribution in [3.05, 3.63) is 71.7 Å². The predicted molar refractivity (Wildman–Crippen MR) is 176 cm³/mol. The molecule has 0 radical (unpaired) electrons. The maximum atomic E-state index is 14.9. The van der Waals surface area contributed by atoms with Gasteiger partial charge in [-0.2, -0.15) is 4.39 Å². The lowest BCUT2D eigenvalue weighted by Gasteiger charge is -2.30. The highest BCUT2D eigenvalue weighted by atomic mass is 19.2. The number of nitrogens with zero attached hydrogens (tertiary/aromatic N) is 3. The summed E-state index contributed by atoms with van der Waals surface area (Å²) in [6, 6.07) is 8.45. The van der Waals surface area contributed by atoms with E-state index in [1.54, 1.807) is 28.9 Å². The van der Waals surface area contributed by atoms with Crippen LogP contribution in [0.1, 0.15) is 67.8 Å².